The summed E-state index contributed by atoms with van der Waals surface area (Å²) in [4.78, 5) is 0. The van der Waals surface area contributed by atoms with Crippen LogP contribution in [0.25, 0.3) is 0 Å². The first kappa shape index (κ1) is 26.0. The molecular weight excluding hydrogens is 617 g/mol. The van der Waals surface area contributed by atoms with Gasteiger partial charge in [0, 0.05) is 0 Å². The van der Waals surface area contributed by atoms with Crippen LogP contribution in [0, 0.1) is 7.43 Å². The number of rotatable bonds is 7. The van der Waals surface area contributed by atoms with Gasteiger partial charge >= 0.3 is 28.2 Å². The fraction of sp³-hybridized carbons (Fsp3) is 0.0741. The van der Waals surface area contributed by atoms with E-state index in [4.69, 9.17) is 0 Å². The van der Waals surface area contributed by atoms with Gasteiger partial charge in [0.2, 0.25) is 0 Å². The zero-order valence-electron chi connectivity index (χ0n) is 17.5. The molecule has 4 rings (SSSR count). The van der Waals surface area contributed by atoms with Gasteiger partial charge in [0.25, 0.3) is 0 Å². The SMILES string of the molecule is [CH3-].[Cl][Pt+].c1ccc(P(CCP(c2ccccc2)c2ccccc2)c2ccccc2)cc1. The molecule has 0 amide bonds. The van der Waals surface area contributed by atoms with Gasteiger partial charge in [0.05, 0.1) is 0 Å². The quantitative estimate of drug-likeness (QED) is 0.162. The van der Waals surface area contributed by atoms with Crippen molar-refractivity contribution in [1.29, 1.82) is 0 Å². The van der Waals surface area contributed by atoms with E-state index in [0.29, 0.717) is 0 Å². The first-order valence-corrected chi connectivity index (χ1v) is 15.7. The molecular formula is C27H27ClP2Pt. The van der Waals surface area contributed by atoms with Crippen LogP contribution in [0.1, 0.15) is 0 Å². The Morgan fingerprint density at radius 1 is 0.419 bits per heavy atom. The van der Waals surface area contributed by atoms with E-state index < -0.39 is 0 Å². The van der Waals surface area contributed by atoms with Crippen molar-refractivity contribution in [3.8, 4) is 0 Å². The monoisotopic (exact) mass is 643 g/mol. The second kappa shape index (κ2) is 14.7. The Kier molecular flexibility index (Phi) is 12.3. The predicted octanol–water partition coefficient (Wildman–Crippen LogP) is 6.39. The van der Waals surface area contributed by atoms with Crippen LogP contribution in [-0.2, 0) is 18.8 Å². The van der Waals surface area contributed by atoms with Crippen molar-refractivity contribution >= 4 is 46.5 Å². The summed E-state index contributed by atoms with van der Waals surface area (Å²) in [5.74, 6) is 0. The average molecular weight is 644 g/mol. The number of hydrogen-bond donors (Lipinski definition) is 0. The van der Waals surface area contributed by atoms with Crippen molar-refractivity contribution in [2.45, 2.75) is 0 Å². The molecule has 31 heavy (non-hydrogen) atoms. The summed E-state index contributed by atoms with van der Waals surface area (Å²) in [6.07, 6.45) is 2.41. The van der Waals surface area contributed by atoms with E-state index in [1.807, 2.05) is 0 Å². The molecule has 0 fully saturated rings. The maximum atomic E-state index is 4.61. The van der Waals surface area contributed by atoms with Crippen LogP contribution in [0.2, 0.25) is 0 Å². The average Bonchev–Trinajstić information content (AvgIpc) is 2.85. The standard InChI is InChI=1S/C26H24P2.CH3.ClH.Pt/c1-5-13-23(14-6-1)27(24-15-7-2-8-16-24)21-22-28(25-17-9-3-10-18-25)26-19-11-4-12-20-26;;;/h1-20H,21-22H2;1H3;1H;/q;-1;;+2/p-1. The first-order chi connectivity index (χ1) is 14.9. The van der Waals surface area contributed by atoms with Crippen molar-refractivity contribution in [2.75, 3.05) is 12.3 Å². The number of benzene rings is 4. The molecule has 4 aromatic rings. The Balaban J connectivity index is 0.00000111. The summed E-state index contributed by atoms with van der Waals surface area (Å²) >= 11 is 1.61. The fourth-order valence-electron chi connectivity index (χ4n) is 3.45. The van der Waals surface area contributed by atoms with Gasteiger partial charge in [0.1, 0.15) is 0 Å². The van der Waals surface area contributed by atoms with Gasteiger partial charge in [-0.25, -0.2) is 0 Å². The van der Waals surface area contributed by atoms with Crippen LogP contribution < -0.4 is 21.2 Å². The molecule has 0 aromatic heterocycles. The van der Waals surface area contributed by atoms with E-state index in [2.05, 4.69) is 131 Å². The molecule has 0 saturated heterocycles. The van der Waals surface area contributed by atoms with Gasteiger partial charge in [-0.05, 0) is 49.4 Å². The van der Waals surface area contributed by atoms with Gasteiger partial charge in [-0.2, -0.15) is 0 Å². The maximum Gasteiger partial charge on any atom is -0.0195 e. The summed E-state index contributed by atoms with van der Waals surface area (Å²) < 4.78 is 0. The Bertz CT molecular complexity index is 805. The van der Waals surface area contributed by atoms with Crippen LogP contribution in [0.3, 0.4) is 0 Å². The number of halogens is 1. The van der Waals surface area contributed by atoms with Gasteiger partial charge in [0.15, 0.2) is 0 Å². The second-order valence-corrected chi connectivity index (χ2v) is 11.3. The zero-order chi connectivity index (χ0) is 21.0. The number of hydrogen-bond acceptors (Lipinski definition) is 0. The topological polar surface area (TPSA) is 0 Å². The minimum Gasteiger partial charge on any atom is -0.0622 e. The minimum absolute atomic E-state index is 0. The van der Waals surface area contributed by atoms with E-state index in [-0.39, 0.29) is 23.3 Å². The first-order valence-electron chi connectivity index (χ1n) is 9.79. The molecule has 0 saturated carbocycles. The molecule has 0 aliphatic carbocycles. The smallest absolute Gasteiger partial charge is 0.0195 e. The van der Waals surface area contributed by atoms with E-state index in [9.17, 15) is 0 Å². The summed E-state index contributed by atoms with van der Waals surface area (Å²) in [5, 5.41) is 5.89. The van der Waals surface area contributed by atoms with Gasteiger partial charge < -0.3 is 7.43 Å². The third kappa shape index (κ3) is 7.66. The molecule has 4 aromatic carbocycles. The van der Waals surface area contributed by atoms with Gasteiger partial charge in [-0.1, -0.05) is 121 Å². The predicted molar refractivity (Wildman–Crippen MR) is 140 cm³/mol. The van der Waals surface area contributed by atoms with Crippen molar-refractivity contribution in [3.05, 3.63) is 129 Å². The normalized spacial score (nSPS) is 10.2. The van der Waals surface area contributed by atoms with Crippen molar-refractivity contribution in [2.24, 2.45) is 0 Å². The van der Waals surface area contributed by atoms with E-state index in [1.165, 1.54) is 33.5 Å². The molecule has 162 valence electrons. The van der Waals surface area contributed by atoms with Gasteiger partial charge in [-0.3, -0.25) is 0 Å². The summed E-state index contributed by atoms with van der Waals surface area (Å²) in [7, 11) is 3.92. The molecule has 0 spiro atoms. The van der Waals surface area contributed by atoms with Crippen LogP contribution in [0.5, 0.6) is 0 Å². The van der Waals surface area contributed by atoms with Crippen LogP contribution in [0.15, 0.2) is 121 Å². The van der Waals surface area contributed by atoms with Crippen molar-refractivity contribution in [1.82, 2.24) is 0 Å². The Morgan fingerprint density at radius 3 is 0.806 bits per heavy atom. The van der Waals surface area contributed by atoms with E-state index in [0.717, 1.165) is 0 Å². The minimum atomic E-state index is -0.348. The maximum absolute atomic E-state index is 4.61. The van der Waals surface area contributed by atoms with Crippen molar-refractivity contribution < 1.29 is 18.8 Å². The third-order valence-corrected chi connectivity index (χ3v) is 10.2. The molecule has 0 heterocycles. The molecule has 0 unspecified atom stereocenters. The zero-order valence-corrected chi connectivity index (χ0v) is 22.4. The van der Waals surface area contributed by atoms with Crippen LogP contribution in [0.4, 0.5) is 0 Å². The van der Waals surface area contributed by atoms with Crippen LogP contribution in [-0.4, -0.2) is 12.3 Å². The molecule has 0 radical (unpaired) electrons. The molecule has 0 aliphatic rings. The van der Waals surface area contributed by atoms with Crippen molar-refractivity contribution in [3.63, 3.8) is 0 Å². The fourth-order valence-corrected chi connectivity index (χ4v) is 8.80. The Labute approximate surface area is 205 Å². The molecule has 0 bridgehead atoms. The molecule has 0 atom stereocenters. The van der Waals surface area contributed by atoms with Crippen LogP contribution >= 0.6 is 25.3 Å². The second-order valence-electron chi connectivity index (χ2n) is 6.65. The molecule has 0 nitrogen and oxygen atoms in total. The Hall–Kier alpha value is -1.28. The van der Waals surface area contributed by atoms with Gasteiger partial charge in [-0.15, -0.1) is 0 Å². The largest absolute Gasteiger partial charge is 0.0622 e. The Morgan fingerprint density at radius 2 is 0.613 bits per heavy atom. The summed E-state index contributed by atoms with van der Waals surface area (Å²) in [5.41, 5.74) is 0. The van der Waals surface area contributed by atoms with E-state index >= 15 is 0 Å². The van der Waals surface area contributed by atoms with E-state index in [1.54, 1.807) is 18.8 Å². The molecule has 0 N–H and O–H groups in total. The third-order valence-electron chi connectivity index (χ3n) is 4.82. The summed E-state index contributed by atoms with van der Waals surface area (Å²) in [6.45, 7) is 0. The summed E-state index contributed by atoms with van der Waals surface area (Å²) in [6, 6.07) is 44.2. The molecule has 4 heteroatoms. The molecule has 0 aliphatic heterocycles.